The van der Waals surface area contributed by atoms with Crippen LogP contribution in [0.25, 0.3) is 77.5 Å². The predicted molar refractivity (Wildman–Crippen MR) is 249 cm³/mol. The fourth-order valence-electron chi connectivity index (χ4n) is 11.1. The first-order valence-electron chi connectivity index (χ1n) is 20.4. The average Bonchev–Trinajstić information content (AvgIpc) is 3.71. The van der Waals surface area contributed by atoms with Crippen molar-refractivity contribution in [1.29, 1.82) is 0 Å². The number of allylic oxidation sites excluding steroid dienone is 2. The first-order valence-corrected chi connectivity index (χ1v) is 29.7. The van der Waals surface area contributed by atoms with E-state index in [4.69, 9.17) is 0 Å². The van der Waals surface area contributed by atoms with E-state index in [9.17, 15) is 0 Å². The topological polar surface area (TPSA) is 0 Å². The zero-order valence-electron chi connectivity index (χ0n) is 33.1. The summed E-state index contributed by atoms with van der Waals surface area (Å²) in [6, 6.07) is 55.5. The van der Waals surface area contributed by atoms with Crippen LogP contribution >= 0.6 is 24.8 Å². The third-order valence-corrected chi connectivity index (χ3v) is 32.4. The maximum atomic E-state index is 2.68. The molecule has 282 valence electrons. The molecule has 11 rings (SSSR count). The Morgan fingerprint density at radius 2 is 0.754 bits per heavy atom. The predicted octanol–water partition coefficient (Wildman–Crippen LogP) is 16.4. The molecule has 0 spiro atoms. The maximum absolute atomic E-state index is 3.19. The quantitative estimate of drug-likeness (QED) is 0.115. The van der Waals surface area contributed by atoms with Crippen molar-refractivity contribution in [3.63, 3.8) is 0 Å². The van der Waals surface area contributed by atoms with Crippen molar-refractivity contribution in [2.24, 2.45) is 11.8 Å². The minimum Gasteiger partial charge on any atom is -0.147 e. The van der Waals surface area contributed by atoms with Crippen LogP contribution in [0.2, 0.25) is 8.35 Å². The maximum Gasteiger partial charge on any atom is -0.147 e. The molecule has 0 amide bonds. The molecule has 1 heterocycles. The minimum absolute atomic E-state index is 0. The van der Waals surface area contributed by atoms with Gasteiger partial charge in [-0.05, 0) is 0 Å². The van der Waals surface area contributed by atoms with E-state index in [1.54, 1.807) is 22.3 Å². The summed E-state index contributed by atoms with van der Waals surface area (Å²) < 4.78 is 4.14. The SMILES string of the molecule is CC(C)C1=Cc2c(-c3c4ccccc4cc4ccccc34)cccc2[CH]1[Hf]1([CH]2C(C(C)C)=Cc3c(-c4c5ccccc5cc5ccccc45)cccc32)[CH2][CH2]1.Cl.Cl. The minimum atomic E-state index is -3.19. The Bertz CT molecular complexity index is 2660. The van der Waals surface area contributed by atoms with Gasteiger partial charge in [-0.15, -0.1) is 24.8 Å². The average molecular weight is 946 g/mol. The molecule has 8 aromatic carbocycles. The summed E-state index contributed by atoms with van der Waals surface area (Å²) in [5.74, 6) is 1.01. The van der Waals surface area contributed by atoms with Crippen LogP contribution in [0, 0.1) is 11.8 Å². The summed E-state index contributed by atoms with van der Waals surface area (Å²) in [7, 11) is 0. The third kappa shape index (κ3) is 5.78. The van der Waals surface area contributed by atoms with E-state index in [1.807, 2.05) is 0 Å². The van der Waals surface area contributed by atoms with Crippen molar-refractivity contribution in [3.8, 4) is 22.3 Å². The van der Waals surface area contributed by atoms with Gasteiger partial charge >= 0.3 is 332 Å². The fourth-order valence-corrected chi connectivity index (χ4v) is 40.0. The van der Waals surface area contributed by atoms with E-state index in [0.717, 1.165) is 0 Å². The molecule has 2 atom stereocenters. The number of hydrogen-bond donors (Lipinski definition) is 0. The van der Waals surface area contributed by atoms with Gasteiger partial charge < -0.3 is 0 Å². The van der Waals surface area contributed by atoms with Gasteiger partial charge in [0, 0.05) is 0 Å². The molecule has 0 nitrogen and oxygen atoms in total. The molecular weight excluding hydrogens is 898 g/mol. The van der Waals surface area contributed by atoms with Crippen LogP contribution in [0.5, 0.6) is 0 Å². The normalized spacial score (nSPS) is 17.7. The van der Waals surface area contributed by atoms with Gasteiger partial charge in [0.15, 0.2) is 0 Å². The third-order valence-electron chi connectivity index (χ3n) is 13.6. The van der Waals surface area contributed by atoms with Gasteiger partial charge in [-0.25, -0.2) is 0 Å². The molecule has 1 saturated heterocycles. The Balaban J connectivity index is 0.00000211. The second-order valence-corrected chi connectivity index (χ2v) is 33.8. The molecule has 3 heteroatoms. The van der Waals surface area contributed by atoms with Crippen LogP contribution in [0.4, 0.5) is 0 Å². The zero-order valence-corrected chi connectivity index (χ0v) is 38.3. The van der Waals surface area contributed by atoms with Gasteiger partial charge in [0.05, 0.1) is 0 Å². The van der Waals surface area contributed by atoms with Crippen LogP contribution in [0.15, 0.2) is 157 Å². The van der Waals surface area contributed by atoms with Gasteiger partial charge in [-0.3, -0.25) is 0 Å². The first-order chi connectivity index (χ1) is 26.9. The van der Waals surface area contributed by atoms with Crippen molar-refractivity contribution in [2.45, 2.75) is 43.4 Å². The number of fused-ring (bicyclic) bond motifs is 6. The summed E-state index contributed by atoms with van der Waals surface area (Å²) in [6.45, 7) is 9.86. The van der Waals surface area contributed by atoms with Crippen LogP contribution in [-0.4, -0.2) is 0 Å². The zero-order chi connectivity index (χ0) is 37.0. The Morgan fingerprint density at radius 1 is 0.421 bits per heavy atom. The van der Waals surface area contributed by atoms with Crippen molar-refractivity contribution in [3.05, 3.63) is 179 Å². The van der Waals surface area contributed by atoms with Crippen LogP contribution in [0.3, 0.4) is 0 Å². The van der Waals surface area contributed by atoms with Crippen molar-refractivity contribution >= 4 is 80.1 Å². The van der Waals surface area contributed by atoms with Gasteiger partial charge in [-0.2, -0.15) is 0 Å². The summed E-state index contributed by atoms with van der Waals surface area (Å²) in [6.07, 6.45) is 5.37. The summed E-state index contributed by atoms with van der Waals surface area (Å²) >= 11 is -3.19. The Hall–Kier alpha value is -4.27. The van der Waals surface area contributed by atoms with Gasteiger partial charge in [0.1, 0.15) is 0 Å². The first kappa shape index (κ1) is 38.3. The fraction of sp³-hybridized carbons (Fsp3) is 0.185. The molecular formula is C54H48Cl2Hf. The molecule has 0 N–H and O–H groups in total. The molecule has 3 aliphatic rings. The largest absolute Gasteiger partial charge is 0.147 e. The second kappa shape index (κ2) is 14.5. The smallest absolute Gasteiger partial charge is 0.147 e. The van der Waals surface area contributed by atoms with E-state index in [1.165, 1.54) is 84.8 Å². The molecule has 2 unspecified atom stereocenters. The number of rotatable bonds is 6. The van der Waals surface area contributed by atoms with Gasteiger partial charge in [0.25, 0.3) is 0 Å². The van der Waals surface area contributed by atoms with E-state index < -0.39 is 20.0 Å². The van der Waals surface area contributed by atoms with Crippen molar-refractivity contribution < 1.29 is 20.0 Å². The molecule has 0 radical (unpaired) electrons. The van der Waals surface area contributed by atoms with E-state index in [2.05, 4.69) is 185 Å². The number of benzene rings is 8. The van der Waals surface area contributed by atoms with Crippen molar-refractivity contribution in [2.75, 3.05) is 0 Å². The van der Waals surface area contributed by atoms with Gasteiger partial charge in [0.2, 0.25) is 0 Å². The Kier molecular flexibility index (Phi) is 9.75. The molecule has 2 aliphatic carbocycles. The molecule has 8 aromatic rings. The molecule has 0 saturated carbocycles. The Morgan fingerprint density at radius 3 is 1.07 bits per heavy atom. The number of halogens is 2. The molecule has 1 aliphatic heterocycles. The van der Waals surface area contributed by atoms with Crippen LogP contribution < -0.4 is 0 Å². The Labute approximate surface area is 353 Å². The van der Waals surface area contributed by atoms with Crippen LogP contribution in [0.1, 0.15) is 57.3 Å². The number of hydrogen-bond acceptors (Lipinski definition) is 0. The molecule has 0 bridgehead atoms. The van der Waals surface area contributed by atoms with Gasteiger partial charge in [-0.1, -0.05) is 0 Å². The standard InChI is InChI=1S/2C26H21.C2H4.2ClH.Hf/c2*1-17(2)21-15-20-10-7-13-24(25(20)16-21)26-22-11-5-3-8-18(22)14-19-9-4-6-12-23(19)26;1-2;;;/h2*3-17H,1-2H3;1-2H2;2*1H;. The molecule has 57 heavy (non-hydrogen) atoms. The summed E-state index contributed by atoms with van der Waals surface area (Å²) in [5.41, 5.74) is 15.3. The molecule has 0 aromatic heterocycles. The summed E-state index contributed by atoms with van der Waals surface area (Å²) in [4.78, 5) is 0. The molecule has 1 fully saturated rings. The van der Waals surface area contributed by atoms with E-state index >= 15 is 0 Å². The van der Waals surface area contributed by atoms with Crippen LogP contribution in [-0.2, 0) is 20.0 Å². The monoisotopic (exact) mass is 946 g/mol. The second-order valence-electron chi connectivity index (χ2n) is 17.2. The van der Waals surface area contributed by atoms with E-state index in [0.29, 0.717) is 19.2 Å². The van der Waals surface area contributed by atoms with Crippen molar-refractivity contribution in [1.82, 2.24) is 0 Å². The van der Waals surface area contributed by atoms with E-state index in [-0.39, 0.29) is 24.8 Å². The summed E-state index contributed by atoms with van der Waals surface area (Å²) in [5, 5.41) is 10.7.